The van der Waals surface area contributed by atoms with Crippen molar-refractivity contribution in [3.05, 3.63) is 33.3 Å². The van der Waals surface area contributed by atoms with E-state index < -0.39 is 18.6 Å². The highest BCUT2D eigenvalue weighted by atomic mass is 79.9. The molecule has 0 aliphatic heterocycles. The maximum absolute atomic E-state index is 13.1. The van der Waals surface area contributed by atoms with E-state index in [0.29, 0.717) is 4.47 Å². The number of rotatable bonds is 3. The van der Waals surface area contributed by atoms with Crippen molar-refractivity contribution in [3.8, 4) is 0 Å². The van der Waals surface area contributed by atoms with E-state index in [-0.39, 0.29) is 10.6 Å². The van der Waals surface area contributed by atoms with Gasteiger partial charge in [-0.1, -0.05) is 27.5 Å². The summed E-state index contributed by atoms with van der Waals surface area (Å²) in [6, 6.07) is 2.88. The van der Waals surface area contributed by atoms with Gasteiger partial charge in [-0.25, -0.2) is 8.78 Å². The average Bonchev–Trinajstić information content (AvgIpc) is 2.20. The predicted octanol–water partition coefficient (Wildman–Crippen LogP) is 2.73. The molecule has 2 nitrogen and oxygen atoms in total. The molecule has 0 aliphatic carbocycles. The van der Waals surface area contributed by atoms with Crippen LogP contribution in [-0.2, 0) is 0 Å². The van der Waals surface area contributed by atoms with E-state index in [2.05, 4.69) is 15.9 Å². The largest absolute Gasteiger partial charge is 0.390 e. The molecule has 0 amide bonds. The molecule has 1 aromatic rings. The lowest BCUT2D eigenvalue weighted by Crippen LogP contribution is -2.36. The molecule has 0 spiro atoms. The molecular weight excluding hydrogens is 291 g/mol. The van der Waals surface area contributed by atoms with Crippen LogP contribution in [0.3, 0.4) is 0 Å². The Morgan fingerprint density at radius 1 is 1.53 bits per heavy atom. The molecule has 1 rings (SSSR count). The van der Waals surface area contributed by atoms with Crippen molar-refractivity contribution in [2.75, 3.05) is 6.61 Å². The third-order valence-corrected chi connectivity index (χ3v) is 2.80. The van der Waals surface area contributed by atoms with Crippen LogP contribution in [0.25, 0.3) is 0 Å². The lowest BCUT2D eigenvalue weighted by Gasteiger charge is -2.22. The van der Waals surface area contributed by atoms with Gasteiger partial charge in [-0.15, -0.1) is 0 Å². The minimum atomic E-state index is -3.38. The monoisotopic (exact) mass is 299 g/mol. The summed E-state index contributed by atoms with van der Waals surface area (Å²) in [6.45, 7) is -1.31. The molecular formula is C9H9BrClF2NO. The first kappa shape index (κ1) is 12.8. The molecule has 0 fully saturated rings. The number of aliphatic hydroxyl groups excluding tert-OH is 1. The summed E-state index contributed by atoms with van der Waals surface area (Å²) in [4.78, 5) is 0. The highest BCUT2D eigenvalue weighted by Crippen LogP contribution is 2.34. The van der Waals surface area contributed by atoms with Crippen molar-refractivity contribution in [2.45, 2.75) is 12.0 Å². The van der Waals surface area contributed by atoms with E-state index in [4.69, 9.17) is 22.4 Å². The van der Waals surface area contributed by atoms with Gasteiger partial charge in [0.05, 0.1) is 6.04 Å². The molecule has 0 bridgehead atoms. The maximum Gasteiger partial charge on any atom is 0.289 e. The van der Waals surface area contributed by atoms with Crippen LogP contribution in [0, 0.1) is 0 Å². The zero-order valence-corrected chi connectivity index (χ0v) is 9.89. The lowest BCUT2D eigenvalue weighted by molar-refractivity contribution is -0.0711. The minimum absolute atomic E-state index is 0.102. The fourth-order valence-electron chi connectivity index (χ4n) is 1.08. The standard InChI is InChI=1S/C9H9BrClF2NO/c10-5-1-2-7(11)6(3-5)8(14)9(12,13)4-15/h1-3,8,15H,4,14H2/t8-/m1/s1. The van der Waals surface area contributed by atoms with Crippen LogP contribution in [0.2, 0.25) is 5.02 Å². The molecule has 84 valence electrons. The van der Waals surface area contributed by atoms with Gasteiger partial charge in [0.2, 0.25) is 0 Å². The van der Waals surface area contributed by atoms with Crippen LogP contribution in [0.4, 0.5) is 8.78 Å². The number of hydrogen-bond acceptors (Lipinski definition) is 2. The normalized spacial score (nSPS) is 14.0. The van der Waals surface area contributed by atoms with E-state index in [1.807, 2.05) is 0 Å². The lowest BCUT2D eigenvalue weighted by atomic mass is 10.0. The smallest absolute Gasteiger partial charge is 0.289 e. The van der Waals surface area contributed by atoms with Crippen LogP contribution in [-0.4, -0.2) is 17.6 Å². The Morgan fingerprint density at radius 2 is 2.13 bits per heavy atom. The van der Waals surface area contributed by atoms with Gasteiger partial charge in [-0.2, -0.15) is 0 Å². The van der Waals surface area contributed by atoms with Crippen molar-refractivity contribution < 1.29 is 13.9 Å². The Morgan fingerprint density at radius 3 is 2.67 bits per heavy atom. The summed E-state index contributed by atoms with van der Waals surface area (Å²) in [5.74, 6) is -3.38. The van der Waals surface area contributed by atoms with E-state index >= 15 is 0 Å². The molecule has 15 heavy (non-hydrogen) atoms. The van der Waals surface area contributed by atoms with Crippen LogP contribution in [0.1, 0.15) is 11.6 Å². The molecule has 1 atom stereocenters. The predicted molar refractivity (Wildman–Crippen MR) is 58.1 cm³/mol. The van der Waals surface area contributed by atoms with E-state index in [1.54, 1.807) is 6.07 Å². The van der Waals surface area contributed by atoms with Crippen molar-refractivity contribution in [2.24, 2.45) is 5.73 Å². The first-order chi connectivity index (χ1) is 6.88. The van der Waals surface area contributed by atoms with Crippen LogP contribution < -0.4 is 5.73 Å². The molecule has 0 saturated carbocycles. The van der Waals surface area contributed by atoms with Gasteiger partial charge in [0.25, 0.3) is 5.92 Å². The molecule has 0 aliphatic rings. The summed E-state index contributed by atoms with van der Waals surface area (Å²) in [5.41, 5.74) is 5.44. The highest BCUT2D eigenvalue weighted by molar-refractivity contribution is 9.10. The van der Waals surface area contributed by atoms with Gasteiger partial charge in [0, 0.05) is 9.50 Å². The van der Waals surface area contributed by atoms with Gasteiger partial charge in [0.15, 0.2) is 0 Å². The molecule has 0 heterocycles. The van der Waals surface area contributed by atoms with Gasteiger partial charge >= 0.3 is 0 Å². The third kappa shape index (κ3) is 2.87. The van der Waals surface area contributed by atoms with Crippen LogP contribution >= 0.6 is 27.5 Å². The van der Waals surface area contributed by atoms with Gasteiger partial charge in [-0.05, 0) is 23.8 Å². The van der Waals surface area contributed by atoms with Gasteiger partial charge in [0.1, 0.15) is 6.61 Å². The van der Waals surface area contributed by atoms with Crippen molar-refractivity contribution in [1.82, 2.24) is 0 Å². The Kier molecular flexibility index (Phi) is 4.06. The van der Waals surface area contributed by atoms with Crippen LogP contribution in [0.15, 0.2) is 22.7 Å². The second-order valence-corrected chi connectivity index (χ2v) is 4.39. The van der Waals surface area contributed by atoms with E-state index in [0.717, 1.165) is 0 Å². The van der Waals surface area contributed by atoms with Crippen molar-refractivity contribution in [3.63, 3.8) is 0 Å². The Bertz CT molecular complexity index is 362. The number of halogens is 4. The fraction of sp³-hybridized carbons (Fsp3) is 0.333. The summed E-state index contributed by atoms with van der Waals surface area (Å²) in [5, 5.41) is 8.65. The summed E-state index contributed by atoms with van der Waals surface area (Å²) < 4.78 is 26.8. The second kappa shape index (κ2) is 4.74. The zero-order valence-electron chi connectivity index (χ0n) is 7.55. The van der Waals surface area contributed by atoms with Gasteiger partial charge in [-0.3, -0.25) is 0 Å². The zero-order chi connectivity index (χ0) is 11.6. The fourth-order valence-corrected chi connectivity index (χ4v) is 1.69. The summed E-state index contributed by atoms with van der Waals surface area (Å²) in [6.07, 6.45) is 0. The van der Waals surface area contributed by atoms with Crippen molar-refractivity contribution in [1.29, 1.82) is 0 Å². The Balaban J connectivity index is 3.10. The number of aliphatic hydroxyl groups is 1. The van der Waals surface area contributed by atoms with E-state index in [1.165, 1.54) is 12.1 Å². The molecule has 6 heteroatoms. The second-order valence-electron chi connectivity index (χ2n) is 3.06. The van der Waals surface area contributed by atoms with E-state index in [9.17, 15) is 8.78 Å². The first-order valence-corrected chi connectivity index (χ1v) is 5.25. The van der Waals surface area contributed by atoms with Gasteiger partial charge < -0.3 is 10.8 Å². The maximum atomic E-state index is 13.1. The topological polar surface area (TPSA) is 46.2 Å². The molecule has 0 radical (unpaired) electrons. The highest BCUT2D eigenvalue weighted by Gasteiger charge is 2.38. The van der Waals surface area contributed by atoms with Crippen molar-refractivity contribution >= 4 is 27.5 Å². The first-order valence-electron chi connectivity index (χ1n) is 4.07. The Labute approximate surface area is 99.2 Å². The summed E-state index contributed by atoms with van der Waals surface area (Å²) >= 11 is 8.87. The molecule has 0 saturated heterocycles. The molecule has 0 aromatic heterocycles. The molecule has 3 N–H and O–H groups in total. The third-order valence-electron chi connectivity index (χ3n) is 1.96. The average molecular weight is 301 g/mol. The Hall–Kier alpha value is -0.230. The quantitative estimate of drug-likeness (QED) is 0.901. The SMILES string of the molecule is N[C@H](c1cc(Br)ccc1Cl)C(F)(F)CO. The number of benzene rings is 1. The molecule has 1 aromatic carbocycles. The molecule has 0 unspecified atom stereocenters. The number of nitrogens with two attached hydrogens (primary N) is 1. The summed E-state index contributed by atoms with van der Waals surface area (Å²) in [7, 11) is 0. The van der Waals surface area contributed by atoms with Crippen LogP contribution in [0.5, 0.6) is 0 Å². The minimum Gasteiger partial charge on any atom is -0.390 e. The number of hydrogen-bond donors (Lipinski definition) is 2. The number of alkyl halides is 2.